The fourth-order valence-electron chi connectivity index (χ4n) is 4.05. The maximum absolute atomic E-state index is 6.03. The Bertz CT molecular complexity index is 632. The average Bonchev–Trinajstić information content (AvgIpc) is 3.17. The first kappa shape index (κ1) is 21.1. The second-order valence-electron chi connectivity index (χ2n) is 7.12. The van der Waals surface area contributed by atoms with Crippen LogP contribution in [-0.4, -0.2) is 43.2 Å². The van der Waals surface area contributed by atoms with Gasteiger partial charge in [-0.1, -0.05) is 0 Å². The van der Waals surface area contributed by atoms with Gasteiger partial charge in [-0.3, -0.25) is 0 Å². The lowest BCUT2D eigenvalue weighted by Gasteiger charge is -2.42. The molecule has 2 aliphatic heterocycles. The van der Waals surface area contributed by atoms with Gasteiger partial charge in [-0.05, 0) is 75.2 Å². The summed E-state index contributed by atoms with van der Waals surface area (Å²) in [7, 11) is 0. The van der Waals surface area contributed by atoms with Crippen LogP contribution in [0.25, 0.3) is 11.3 Å². The second-order valence-corrected chi connectivity index (χ2v) is 7.12. The van der Waals surface area contributed by atoms with Crippen molar-refractivity contribution in [1.82, 2.24) is 4.90 Å². The SMILES string of the molecule is Cl.Cl.NC1CCN(C2CCN(c3ccc(-c4ccco4)cc3)CC2)CC1. The van der Waals surface area contributed by atoms with E-state index in [2.05, 4.69) is 34.1 Å². The lowest BCUT2D eigenvalue weighted by Crippen LogP contribution is -2.49. The molecule has 1 aromatic carbocycles. The van der Waals surface area contributed by atoms with E-state index in [1.807, 2.05) is 12.1 Å². The van der Waals surface area contributed by atoms with Crippen LogP contribution < -0.4 is 10.6 Å². The van der Waals surface area contributed by atoms with Gasteiger partial charge in [-0.2, -0.15) is 0 Å². The molecule has 0 aliphatic carbocycles. The van der Waals surface area contributed by atoms with Crippen molar-refractivity contribution in [3.63, 3.8) is 0 Å². The third kappa shape index (κ3) is 4.74. The Hall–Kier alpha value is -1.20. The Balaban J connectivity index is 0.00000121. The minimum Gasteiger partial charge on any atom is -0.464 e. The first-order valence-electron chi connectivity index (χ1n) is 9.18. The molecule has 0 saturated carbocycles. The molecule has 2 fully saturated rings. The van der Waals surface area contributed by atoms with Crippen molar-refractivity contribution in [2.24, 2.45) is 5.73 Å². The molecule has 4 rings (SSSR count). The molecule has 4 nitrogen and oxygen atoms in total. The highest BCUT2D eigenvalue weighted by atomic mass is 35.5. The summed E-state index contributed by atoms with van der Waals surface area (Å²) in [5.41, 5.74) is 8.50. The van der Waals surface area contributed by atoms with E-state index >= 15 is 0 Å². The van der Waals surface area contributed by atoms with Gasteiger partial charge >= 0.3 is 0 Å². The predicted molar refractivity (Wildman–Crippen MR) is 113 cm³/mol. The maximum atomic E-state index is 6.03. The molecule has 3 heterocycles. The maximum Gasteiger partial charge on any atom is 0.133 e. The van der Waals surface area contributed by atoms with Crippen LogP contribution >= 0.6 is 24.8 Å². The van der Waals surface area contributed by atoms with Gasteiger partial charge in [0.25, 0.3) is 0 Å². The summed E-state index contributed by atoms with van der Waals surface area (Å²) in [4.78, 5) is 5.18. The zero-order valence-corrected chi connectivity index (χ0v) is 16.7. The van der Waals surface area contributed by atoms with Crippen molar-refractivity contribution in [1.29, 1.82) is 0 Å². The quantitative estimate of drug-likeness (QED) is 0.843. The Morgan fingerprint density at radius 1 is 0.846 bits per heavy atom. The molecule has 0 bridgehead atoms. The third-order valence-corrected chi connectivity index (χ3v) is 5.59. The van der Waals surface area contributed by atoms with E-state index < -0.39 is 0 Å². The smallest absolute Gasteiger partial charge is 0.133 e. The summed E-state index contributed by atoms with van der Waals surface area (Å²) in [6.45, 7) is 4.66. The highest BCUT2D eigenvalue weighted by Gasteiger charge is 2.27. The largest absolute Gasteiger partial charge is 0.464 e. The fourth-order valence-corrected chi connectivity index (χ4v) is 4.05. The van der Waals surface area contributed by atoms with Crippen LogP contribution in [0.4, 0.5) is 5.69 Å². The van der Waals surface area contributed by atoms with Crippen LogP contribution in [-0.2, 0) is 0 Å². The van der Waals surface area contributed by atoms with Gasteiger partial charge in [-0.15, -0.1) is 24.8 Å². The molecule has 144 valence electrons. The Kier molecular flexibility index (Phi) is 7.84. The van der Waals surface area contributed by atoms with E-state index in [1.165, 1.54) is 31.6 Å². The third-order valence-electron chi connectivity index (χ3n) is 5.59. The van der Waals surface area contributed by atoms with Gasteiger partial charge in [0.1, 0.15) is 5.76 Å². The van der Waals surface area contributed by atoms with E-state index in [0.29, 0.717) is 6.04 Å². The van der Waals surface area contributed by atoms with Gasteiger partial charge in [0.2, 0.25) is 0 Å². The van der Waals surface area contributed by atoms with Crippen molar-refractivity contribution < 1.29 is 4.42 Å². The minimum absolute atomic E-state index is 0. The number of piperidine rings is 2. The average molecular weight is 398 g/mol. The number of anilines is 1. The number of furan rings is 1. The molecule has 2 aromatic rings. The van der Waals surface area contributed by atoms with Crippen molar-refractivity contribution in [2.45, 2.75) is 37.8 Å². The van der Waals surface area contributed by atoms with Gasteiger partial charge < -0.3 is 20.0 Å². The number of halogens is 2. The molecule has 1 aromatic heterocycles. The number of benzene rings is 1. The molecular formula is C20H29Cl2N3O. The molecule has 2 saturated heterocycles. The molecule has 6 heteroatoms. The zero-order chi connectivity index (χ0) is 16.4. The molecule has 2 N–H and O–H groups in total. The van der Waals surface area contributed by atoms with Crippen LogP contribution in [0.15, 0.2) is 47.1 Å². The van der Waals surface area contributed by atoms with Crippen LogP contribution in [0, 0.1) is 0 Å². The predicted octanol–water partition coefficient (Wildman–Crippen LogP) is 4.18. The number of nitrogens with zero attached hydrogens (tertiary/aromatic N) is 2. The van der Waals surface area contributed by atoms with Crippen LogP contribution in [0.2, 0.25) is 0 Å². The van der Waals surface area contributed by atoms with Gasteiger partial charge in [0.05, 0.1) is 6.26 Å². The number of nitrogens with two attached hydrogens (primary N) is 1. The van der Waals surface area contributed by atoms with E-state index in [9.17, 15) is 0 Å². The van der Waals surface area contributed by atoms with Crippen molar-refractivity contribution in [3.8, 4) is 11.3 Å². The lowest BCUT2D eigenvalue weighted by atomic mass is 9.98. The van der Waals surface area contributed by atoms with Gasteiger partial charge in [0, 0.05) is 36.4 Å². The zero-order valence-electron chi connectivity index (χ0n) is 15.0. The van der Waals surface area contributed by atoms with Gasteiger partial charge in [0.15, 0.2) is 0 Å². The summed E-state index contributed by atoms with van der Waals surface area (Å²) >= 11 is 0. The van der Waals surface area contributed by atoms with E-state index in [1.54, 1.807) is 6.26 Å². The van der Waals surface area contributed by atoms with Crippen molar-refractivity contribution >= 4 is 30.5 Å². The number of hydrogen-bond donors (Lipinski definition) is 1. The van der Waals surface area contributed by atoms with Crippen molar-refractivity contribution in [2.75, 3.05) is 31.1 Å². The van der Waals surface area contributed by atoms with Crippen LogP contribution in [0.1, 0.15) is 25.7 Å². The Morgan fingerprint density at radius 2 is 1.50 bits per heavy atom. The van der Waals surface area contributed by atoms with Crippen molar-refractivity contribution in [3.05, 3.63) is 42.7 Å². The van der Waals surface area contributed by atoms with E-state index in [4.69, 9.17) is 10.2 Å². The second kappa shape index (κ2) is 9.65. The Labute approximate surface area is 168 Å². The highest BCUT2D eigenvalue weighted by Crippen LogP contribution is 2.27. The van der Waals surface area contributed by atoms with E-state index in [-0.39, 0.29) is 24.8 Å². The van der Waals surface area contributed by atoms with Crippen LogP contribution in [0.5, 0.6) is 0 Å². The molecular weight excluding hydrogens is 369 g/mol. The molecule has 0 radical (unpaired) electrons. The monoisotopic (exact) mass is 397 g/mol. The normalized spacial score (nSPS) is 19.7. The fraction of sp³-hybridized carbons (Fsp3) is 0.500. The molecule has 2 aliphatic rings. The van der Waals surface area contributed by atoms with Gasteiger partial charge in [-0.25, -0.2) is 0 Å². The first-order valence-corrected chi connectivity index (χ1v) is 9.18. The molecule has 26 heavy (non-hydrogen) atoms. The number of rotatable bonds is 3. The topological polar surface area (TPSA) is 45.6 Å². The number of hydrogen-bond acceptors (Lipinski definition) is 4. The molecule has 0 unspecified atom stereocenters. The van der Waals surface area contributed by atoms with Crippen LogP contribution in [0.3, 0.4) is 0 Å². The summed E-state index contributed by atoms with van der Waals surface area (Å²) in [6.07, 6.45) is 6.56. The number of likely N-dealkylation sites (tertiary alicyclic amines) is 1. The summed E-state index contributed by atoms with van der Waals surface area (Å²) < 4.78 is 5.47. The lowest BCUT2D eigenvalue weighted by molar-refractivity contribution is 0.132. The first-order chi connectivity index (χ1) is 11.8. The summed E-state index contributed by atoms with van der Waals surface area (Å²) in [5.74, 6) is 0.934. The molecule has 0 amide bonds. The standard InChI is InChI=1S/C20H27N3O.2ClH/c21-17-7-11-22(12-8-17)19-9-13-23(14-10-19)18-5-3-16(4-6-18)20-2-1-15-24-20;;/h1-6,15,17,19H,7-14,21H2;2*1H. The summed E-state index contributed by atoms with van der Waals surface area (Å²) in [6, 6.07) is 13.9. The Morgan fingerprint density at radius 3 is 2.08 bits per heavy atom. The highest BCUT2D eigenvalue weighted by molar-refractivity contribution is 5.85. The van der Waals surface area contributed by atoms with E-state index in [0.717, 1.165) is 43.3 Å². The summed E-state index contributed by atoms with van der Waals surface area (Å²) in [5, 5.41) is 0. The molecule has 0 spiro atoms. The molecule has 0 atom stereocenters. The minimum atomic E-state index is 0.